The molecule has 0 saturated carbocycles. The molecule has 2 amide bonds. The number of anilines is 1. The molecule has 13 nitrogen and oxygen atoms in total. The molecular weight excluding hydrogens is 612 g/mol. The molecule has 2 heterocycles. The van der Waals surface area contributed by atoms with Gasteiger partial charge >= 0.3 is 0 Å². The molecule has 258 valence electrons. The Bertz CT molecular complexity index is 1400. The van der Waals surface area contributed by atoms with Crippen molar-refractivity contribution in [3.05, 3.63) is 36.3 Å². The van der Waals surface area contributed by atoms with Crippen LogP contribution in [0.5, 0.6) is 5.75 Å². The standard InChI is InChI=1S/C32H52N6O7S/c1-23-18-38(24(2)21-39)32(41)27-17-26(34-46(42,43)30-20-36(6)22-33-30)13-14-28(27)45-25(3)11-8-9-16-44-29(23)19-37(7)31(40)12-10-15-35(4)5/h13-14,17,20,22-25,29,34,39H,8-12,15-16,18-19,21H2,1-7H3/t23-,24+,25+,29+/m0/s1. The summed E-state index contributed by atoms with van der Waals surface area (Å²) in [5, 5.41) is 10.0. The molecule has 4 atom stereocenters. The van der Waals surface area contributed by atoms with Crippen LogP contribution in [0.25, 0.3) is 0 Å². The third-order valence-electron chi connectivity index (χ3n) is 8.14. The average molecular weight is 665 g/mol. The van der Waals surface area contributed by atoms with Gasteiger partial charge in [0.15, 0.2) is 5.03 Å². The molecule has 3 rings (SSSR count). The number of amides is 2. The van der Waals surface area contributed by atoms with Crippen molar-refractivity contribution in [1.29, 1.82) is 0 Å². The van der Waals surface area contributed by atoms with Gasteiger partial charge in [-0.3, -0.25) is 14.3 Å². The van der Waals surface area contributed by atoms with Crippen molar-refractivity contribution in [1.82, 2.24) is 24.3 Å². The Balaban J connectivity index is 1.93. The number of nitrogens with zero attached hydrogens (tertiary/aromatic N) is 5. The molecule has 2 aromatic rings. The zero-order valence-electron chi connectivity index (χ0n) is 28.3. The molecule has 2 N–H and O–H groups in total. The van der Waals surface area contributed by atoms with Gasteiger partial charge in [-0.15, -0.1) is 0 Å². The van der Waals surface area contributed by atoms with Crippen LogP contribution >= 0.6 is 0 Å². The van der Waals surface area contributed by atoms with E-state index >= 15 is 0 Å². The third-order valence-corrected chi connectivity index (χ3v) is 9.40. The van der Waals surface area contributed by atoms with Gasteiger partial charge in [-0.1, -0.05) is 6.92 Å². The van der Waals surface area contributed by atoms with Gasteiger partial charge in [0.05, 0.1) is 36.7 Å². The number of aliphatic hydroxyl groups is 1. The number of hydrogen-bond acceptors (Lipinski definition) is 9. The maximum Gasteiger partial charge on any atom is 0.280 e. The molecule has 1 aliphatic rings. The van der Waals surface area contributed by atoms with Gasteiger partial charge in [0.25, 0.3) is 15.9 Å². The van der Waals surface area contributed by atoms with Crippen molar-refractivity contribution >= 4 is 27.5 Å². The quantitative estimate of drug-likeness (QED) is 0.370. The predicted molar refractivity (Wildman–Crippen MR) is 176 cm³/mol. The SMILES string of the molecule is C[C@@H]1CCCCO[C@H](CN(C)C(=O)CCCN(C)C)[C@@H](C)CN([C@H](C)CO)C(=O)c2cc(NS(=O)(=O)c3cn(C)cn3)ccc2O1. The van der Waals surface area contributed by atoms with E-state index in [1.54, 1.807) is 43.0 Å². The number of aryl methyl sites for hydroxylation is 1. The van der Waals surface area contributed by atoms with E-state index in [-0.39, 0.29) is 53.5 Å². The van der Waals surface area contributed by atoms with Crippen molar-refractivity contribution in [2.75, 3.05) is 58.7 Å². The van der Waals surface area contributed by atoms with Crippen LogP contribution in [0.15, 0.2) is 35.7 Å². The summed E-state index contributed by atoms with van der Waals surface area (Å²) in [7, 11) is 3.39. The van der Waals surface area contributed by atoms with Crippen molar-refractivity contribution < 1.29 is 32.6 Å². The number of likely N-dealkylation sites (N-methyl/N-ethyl adjacent to an activating group) is 1. The average Bonchev–Trinajstić information content (AvgIpc) is 3.45. The van der Waals surface area contributed by atoms with Crippen LogP contribution in [0.2, 0.25) is 0 Å². The highest BCUT2D eigenvalue weighted by atomic mass is 32.2. The summed E-state index contributed by atoms with van der Waals surface area (Å²) >= 11 is 0. The van der Waals surface area contributed by atoms with Gasteiger partial charge < -0.3 is 33.8 Å². The van der Waals surface area contributed by atoms with Crippen molar-refractivity contribution in [2.24, 2.45) is 13.0 Å². The zero-order valence-corrected chi connectivity index (χ0v) is 29.1. The number of sulfonamides is 1. The second-order valence-corrected chi connectivity index (χ2v) is 14.3. The van der Waals surface area contributed by atoms with E-state index in [1.807, 2.05) is 32.8 Å². The minimum absolute atomic E-state index is 0.0364. The Labute approximate surface area is 273 Å². The number of rotatable bonds is 11. The fourth-order valence-electron chi connectivity index (χ4n) is 5.29. The minimum atomic E-state index is -4.01. The third kappa shape index (κ3) is 10.7. The smallest absolute Gasteiger partial charge is 0.280 e. The second-order valence-electron chi connectivity index (χ2n) is 12.7. The molecule has 14 heteroatoms. The summed E-state index contributed by atoms with van der Waals surface area (Å²) in [6.07, 6.45) is 5.74. The molecule has 0 fully saturated rings. The van der Waals surface area contributed by atoms with Gasteiger partial charge in [-0.05, 0) is 78.4 Å². The van der Waals surface area contributed by atoms with Crippen LogP contribution < -0.4 is 9.46 Å². The maximum atomic E-state index is 14.3. The van der Waals surface area contributed by atoms with Crippen LogP contribution in [0.3, 0.4) is 0 Å². The first-order valence-corrected chi connectivity index (χ1v) is 17.4. The number of aromatic nitrogens is 2. The largest absolute Gasteiger partial charge is 0.490 e. The lowest BCUT2D eigenvalue weighted by molar-refractivity contribution is -0.132. The molecule has 0 spiro atoms. The van der Waals surface area contributed by atoms with E-state index in [2.05, 4.69) is 9.71 Å². The zero-order chi connectivity index (χ0) is 34.0. The highest BCUT2D eigenvalue weighted by molar-refractivity contribution is 7.92. The van der Waals surface area contributed by atoms with Crippen LogP contribution in [0.4, 0.5) is 5.69 Å². The number of benzene rings is 1. The number of ether oxygens (including phenoxy) is 2. The first-order valence-electron chi connectivity index (χ1n) is 16.0. The van der Waals surface area contributed by atoms with E-state index in [4.69, 9.17) is 9.47 Å². The van der Waals surface area contributed by atoms with Gasteiger partial charge in [-0.25, -0.2) is 4.98 Å². The summed E-state index contributed by atoms with van der Waals surface area (Å²) in [6, 6.07) is 4.06. The van der Waals surface area contributed by atoms with Crippen molar-refractivity contribution in [2.45, 2.75) is 76.2 Å². The summed E-state index contributed by atoms with van der Waals surface area (Å²) in [5.41, 5.74) is 0.346. The first-order chi connectivity index (χ1) is 21.7. The molecule has 1 aromatic heterocycles. The number of carbonyl (C=O) groups excluding carboxylic acids is 2. The summed E-state index contributed by atoms with van der Waals surface area (Å²) in [4.78, 5) is 36.5. The van der Waals surface area contributed by atoms with E-state index < -0.39 is 22.0 Å². The molecular formula is C32H52N6O7S. The summed E-state index contributed by atoms with van der Waals surface area (Å²) in [6.45, 7) is 7.29. The Morgan fingerprint density at radius 3 is 2.61 bits per heavy atom. The Morgan fingerprint density at radius 1 is 1.22 bits per heavy atom. The van der Waals surface area contributed by atoms with E-state index in [1.165, 1.54) is 23.2 Å². The lowest BCUT2D eigenvalue weighted by Gasteiger charge is -2.36. The number of aliphatic hydroxyl groups excluding tert-OH is 1. The molecule has 0 saturated heterocycles. The molecule has 46 heavy (non-hydrogen) atoms. The number of nitrogens with one attached hydrogen (secondary N) is 1. The topological polar surface area (TPSA) is 147 Å². The second kappa shape index (κ2) is 17.1. The van der Waals surface area contributed by atoms with Gasteiger partial charge in [0.1, 0.15) is 5.75 Å². The number of carbonyl (C=O) groups is 2. The summed E-state index contributed by atoms with van der Waals surface area (Å²) in [5.74, 6) is -0.256. The van der Waals surface area contributed by atoms with Crippen molar-refractivity contribution in [3.8, 4) is 5.75 Å². The van der Waals surface area contributed by atoms with E-state index in [9.17, 15) is 23.1 Å². The molecule has 0 aliphatic carbocycles. The molecule has 1 aliphatic heterocycles. The molecule has 1 aromatic carbocycles. The Morgan fingerprint density at radius 2 is 1.96 bits per heavy atom. The molecule has 0 bridgehead atoms. The minimum Gasteiger partial charge on any atom is -0.490 e. The molecule has 0 unspecified atom stereocenters. The Hall–Kier alpha value is -3.20. The number of fused-ring (bicyclic) bond motifs is 1. The number of hydrogen-bond donors (Lipinski definition) is 2. The van der Waals surface area contributed by atoms with Gasteiger partial charge in [0.2, 0.25) is 5.91 Å². The van der Waals surface area contributed by atoms with E-state index in [0.717, 1.165) is 25.8 Å². The van der Waals surface area contributed by atoms with Crippen molar-refractivity contribution in [3.63, 3.8) is 0 Å². The van der Waals surface area contributed by atoms with Crippen LogP contribution in [-0.2, 0) is 26.6 Å². The lowest BCUT2D eigenvalue weighted by Crippen LogP contribution is -2.48. The van der Waals surface area contributed by atoms with E-state index in [0.29, 0.717) is 31.7 Å². The van der Waals surface area contributed by atoms with Gasteiger partial charge in [-0.2, -0.15) is 8.42 Å². The van der Waals surface area contributed by atoms with Crippen LogP contribution in [0.1, 0.15) is 63.2 Å². The van der Waals surface area contributed by atoms with Crippen LogP contribution in [-0.4, -0.2) is 122 Å². The van der Waals surface area contributed by atoms with Crippen LogP contribution in [0, 0.1) is 5.92 Å². The van der Waals surface area contributed by atoms with Gasteiger partial charge in [0, 0.05) is 58.0 Å². The fourth-order valence-corrected chi connectivity index (χ4v) is 6.33. The Kier molecular flexibility index (Phi) is 13.8. The molecule has 0 radical (unpaired) electrons. The fraction of sp³-hybridized carbons (Fsp3) is 0.656. The highest BCUT2D eigenvalue weighted by Crippen LogP contribution is 2.29. The number of imidazole rings is 1. The maximum absolute atomic E-state index is 14.3. The first kappa shape index (κ1) is 37.3. The highest BCUT2D eigenvalue weighted by Gasteiger charge is 2.31. The monoisotopic (exact) mass is 664 g/mol. The normalized spacial score (nSPS) is 20.8. The summed E-state index contributed by atoms with van der Waals surface area (Å²) < 4.78 is 42.7. The lowest BCUT2D eigenvalue weighted by atomic mass is 10.0. The predicted octanol–water partition coefficient (Wildman–Crippen LogP) is 2.82.